The van der Waals surface area contributed by atoms with Gasteiger partial charge in [-0.1, -0.05) is 41.6 Å². The first kappa shape index (κ1) is 19.6. The number of hydrogen-bond acceptors (Lipinski definition) is 5. The lowest BCUT2D eigenvalue weighted by Crippen LogP contribution is -2.39. The summed E-state index contributed by atoms with van der Waals surface area (Å²) in [5.41, 5.74) is 3.19. The molecule has 28 heavy (non-hydrogen) atoms. The Kier molecular flexibility index (Phi) is 6.09. The molecule has 1 amide bonds. The maximum absolute atomic E-state index is 12.7. The Labute approximate surface area is 165 Å². The van der Waals surface area contributed by atoms with Crippen LogP contribution in [0.25, 0.3) is 11.4 Å². The largest absolute Gasteiger partial charge is 0.484 e. The molecule has 0 atom stereocenters. The number of benzene rings is 2. The summed E-state index contributed by atoms with van der Waals surface area (Å²) >= 11 is 0. The van der Waals surface area contributed by atoms with E-state index in [1.165, 1.54) is 5.56 Å². The van der Waals surface area contributed by atoms with E-state index in [9.17, 15) is 4.79 Å². The predicted octanol–water partition coefficient (Wildman–Crippen LogP) is 4.17. The summed E-state index contributed by atoms with van der Waals surface area (Å²) in [7, 11) is 0. The molecule has 0 saturated heterocycles. The van der Waals surface area contributed by atoms with Crippen LogP contribution in [-0.4, -0.2) is 33.6 Å². The van der Waals surface area contributed by atoms with E-state index in [-0.39, 0.29) is 25.1 Å². The van der Waals surface area contributed by atoms with Crippen LogP contribution in [0.5, 0.6) is 5.75 Å². The molecule has 146 valence electrons. The molecular weight excluding hydrogens is 354 g/mol. The van der Waals surface area contributed by atoms with Crippen LogP contribution in [0.3, 0.4) is 0 Å². The van der Waals surface area contributed by atoms with Gasteiger partial charge in [-0.3, -0.25) is 4.79 Å². The Morgan fingerprint density at radius 3 is 2.54 bits per heavy atom. The van der Waals surface area contributed by atoms with Gasteiger partial charge in [0, 0.05) is 11.6 Å². The molecule has 3 aromatic rings. The van der Waals surface area contributed by atoms with Crippen molar-refractivity contribution in [2.45, 2.75) is 40.3 Å². The fourth-order valence-corrected chi connectivity index (χ4v) is 2.76. The Morgan fingerprint density at radius 1 is 1.11 bits per heavy atom. The maximum atomic E-state index is 12.7. The van der Waals surface area contributed by atoms with Gasteiger partial charge in [0.25, 0.3) is 5.91 Å². The molecule has 3 rings (SSSR count). The Hall–Kier alpha value is -3.15. The van der Waals surface area contributed by atoms with Crippen molar-refractivity contribution in [1.29, 1.82) is 0 Å². The Morgan fingerprint density at radius 2 is 1.86 bits per heavy atom. The second-order valence-corrected chi connectivity index (χ2v) is 7.03. The molecule has 0 unspecified atom stereocenters. The van der Waals surface area contributed by atoms with Crippen molar-refractivity contribution in [3.63, 3.8) is 0 Å². The van der Waals surface area contributed by atoms with Gasteiger partial charge in [0.15, 0.2) is 6.61 Å². The number of ether oxygens (including phenoxy) is 1. The van der Waals surface area contributed by atoms with Crippen molar-refractivity contribution in [1.82, 2.24) is 15.0 Å². The highest BCUT2D eigenvalue weighted by Crippen LogP contribution is 2.18. The molecular formula is C22H25N3O3. The topological polar surface area (TPSA) is 68.5 Å². The summed E-state index contributed by atoms with van der Waals surface area (Å²) in [4.78, 5) is 18.8. The van der Waals surface area contributed by atoms with Gasteiger partial charge in [-0.15, -0.1) is 0 Å². The molecule has 0 spiro atoms. The van der Waals surface area contributed by atoms with E-state index in [1.54, 1.807) is 4.90 Å². The molecule has 0 aliphatic heterocycles. The predicted molar refractivity (Wildman–Crippen MR) is 107 cm³/mol. The highest BCUT2D eigenvalue weighted by atomic mass is 16.5. The first-order valence-corrected chi connectivity index (χ1v) is 9.31. The van der Waals surface area contributed by atoms with Crippen molar-refractivity contribution >= 4 is 5.91 Å². The lowest BCUT2D eigenvalue weighted by molar-refractivity contribution is -0.136. The van der Waals surface area contributed by atoms with E-state index < -0.39 is 0 Å². The van der Waals surface area contributed by atoms with Gasteiger partial charge in [-0.2, -0.15) is 4.98 Å². The molecule has 0 aliphatic carbocycles. The summed E-state index contributed by atoms with van der Waals surface area (Å²) in [5, 5.41) is 4.01. The van der Waals surface area contributed by atoms with Gasteiger partial charge in [0.2, 0.25) is 11.7 Å². The molecule has 1 heterocycles. The van der Waals surface area contributed by atoms with E-state index in [1.807, 2.05) is 76.2 Å². The van der Waals surface area contributed by atoms with Gasteiger partial charge >= 0.3 is 0 Å². The van der Waals surface area contributed by atoms with Crippen LogP contribution in [0.2, 0.25) is 0 Å². The summed E-state index contributed by atoms with van der Waals surface area (Å²) < 4.78 is 11.0. The van der Waals surface area contributed by atoms with Crippen LogP contribution >= 0.6 is 0 Å². The summed E-state index contributed by atoms with van der Waals surface area (Å²) in [5.74, 6) is 1.46. The molecule has 1 aromatic heterocycles. The summed E-state index contributed by atoms with van der Waals surface area (Å²) in [6.07, 6.45) is 0. The molecule has 6 heteroatoms. The second-order valence-electron chi connectivity index (χ2n) is 7.03. The van der Waals surface area contributed by atoms with Crippen LogP contribution in [-0.2, 0) is 11.3 Å². The van der Waals surface area contributed by atoms with Crippen LogP contribution in [0.4, 0.5) is 0 Å². The van der Waals surface area contributed by atoms with Crippen molar-refractivity contribution in [2.75, 3.05) is 6.61 Å². The third-order valence-corrected chi connectivity index (χ3v) is 4.59. The Balaban J connectivity index is 1.65. The molecule has 0 fully saturated rings. The number of aromatic nitrogens is 2. The van der Waals surface area contributed by atoms with Crippen LogP contribution in [0.15, 0.2) is 53.1 Å². The maximum Gasteiger partial charge on any atom is 0.261 e. The van der Waals surface area contributed by atoms with E-state index in [0.29, 0.717) is 17.5 Å². The normalized spacial score (nSPS) is 10.9. The molecule has 0 radical (unpaired) electrons. The van der Waals surface area contributed by atoms with E-state index in [2.05, 4.69) is 10.1 Å². The van der Waals surface area contributed by atoms with Crippen molar-refractivity contribution in [2.24, 2.45) is 0 Å². The number of carbonyl (C=O) groups is 1. The van der Waals surface area contributed by atoms with Crippen molar-refractivity contribution in [3.8, 4) is 17.1 Å². The lowest BCUT2D eigenvalue weighted by atomic mass is 10.1. The molecule has 0 saturated carbocycles. The molecule has 0 bridgehead atoms. The SMILES string of the molecule is Cc1ccc(OCC(=O)N(Cc2nc(-c3ccccc3)no2)C(C)C)cc1C. The van der Waals surface area contributed by atoms with Gasteiger partial charge in [-0.05, 0) is 51.0 Å². The standard InChI is InChI=1S/C22H25N3O3/c1-15(2)25(21(26)14-27-19-11-10-16(3)17(4)12-19)13-20-23-22(24-28-20)18-8-6-5-7-9-18/h5-12,15H,13-14H2,1-4H3. The van der Waals surface area contributed by atoms with Crippen molar-refractivity contribution < 1.29 is 14.1 Å². The monoisotopic (exact) mass is 379 g/mol. The highest BCUT2D eigenvalue weighted by Gasteiger charge is 2.21. The molecule has 0 N–H and O–H groups in total. The zero-order valence-corrected chi connectivity index (χ0v) is 16.7. The number of rotatable bonds is 7. The second kappa shape index (κ2) is 8.69. The minimum absolute atomic E-state index is 0.0251. The summed E-state index contributed by atoms with van der Waals surface area (Å²) in [6.45, 7) is 8.15. The first-order chi connectivity index (χ1) is 13.4. The average molecular weight is 379 g/mol. The van der Waals surface area contributed by atoms with Crippen LogP contribution in [0.1, 0.15) is 30.9 Å². The molecule has 6 nitrogen and oxygen atoms in total. The minimum Gasteiger partial charge on any atom is -0.484 e. The first-order valence-electron chi connectivity index (χ1n) is 9.31. The minimum atomic E-state index is -0.132. The average Bonchev–Trinajstić information content (AvgIpc) is 3.16. The third-order valence-electron chi connectivity index (χ3n) is 4.59. The zero-order valence-electron chi connectivity index (χ0n) is 16.7. The number of nitrogens with zero attached hydrogens (tertiary/aromatic N) is 3. The van der Waals surface area contributed by atoms with E-state index in [4.69, 9.17) is 9.26 Å². The Bertz CT molecular complexity index is 935. The quantitative estimate of drug-likeness (QED) is 0.616. The fourth-order valence-electron chi connectivity index (χ4n) is 2.76. The molecule has 0 aliphatic rings. The number of aryl methyl sites for hydroxylation is 2. The van der Waals surface area contributed by atoms with Crippen LogP contribution in [0, 0.1) is 13.8 Å². The highest BCUT2D eigenvalue weighted by molar-refractivity contribution is 5.78. The van der Waals surface area contributed by atoms with Gasteiger partial charge < -0.3 is 14.2 Å². The third kappa shape index (κ3) is 4.76. The fraction of sp³-hybridized carbons (Fsp3) is 0.318. The van der Waals surface area contributed by atoms with E-state index in [0.717, 1.165) is 11.1 Å². The number of hydrogen-bond donors (Lipinski definition) is 0. The van der Waals surface area contributed by atoms with Crippen molar-refractivity contribution in [3.05, 3.63) is 65.5 Å². The van der Waals surface area contributed by atoms with Gasteiger partial charge in [0.05, 0.1) is 0 Å². The smallest absolute Gasteiger partial charge is 0.261 e. The summed E-state index contributed by atoms with van der Waals surface area (Å²) in [6, 6.07) is 15.4. The number of amides is 1. The van der Waals surface area contributed by atoms with Crippen LogP contribution < -0.4 is 4.74 Å². The zero-order chi connectivity index (χ0) is 20.1. The lowest BCUT2D eigenvalue weighted by Gasteiger charge is -2.25. The molecule has 2 aromatic carbocycles. The van der Waals surface area contributed by atoms with Gasteiger partial charge in [-0.25, -0.2) is 0 Å². The van der Waals surface area contributed by atoms with E-state index >= 15 is 0 Å². The number of carbonyl (C=O) groups excluding carboxylic acids is 1. The van der Waals surface area contributed by atoms with Gasteiger partial charge in [0.1, 0.15) is 12.3 Å².